The minimum atomic E-state index is -0.315. The lowest BCUT2D eigenvalue weighted by Crippen LogP contribution is -2.41. The summed E-state index contributed by atoms with van der Waals surface area (Å²) in [6, 6.07) is 12.7. The van der Waals surface area contributed by atoms with Gasteiger partial charge in [0.15, 0.2) is 0 Å². The minimum Gasteiger partial charge on any atom is -0.490 e. The van der Waals surface area contributed by atoms with Gasteiger partial charge in [0.05, 0.1) is 17.3 Å². The largest absolute Gasteiger partial charge is 0.494 e. The van der Waals surface area contributed by atoms with Gasteiger partial charge in [0.1, 0.15) is 5.75 Å². The van der Waals surface area contributed by atoms with Gasteiger partial charge in [-0.05, 0) is 75.3 Å². The normalized spacial score (nSPS) is 22.6. The summed E-state index contributed by atoms with van der Waals surface area (Å²) in [7, 11) is -0.315. The van der Waals surface area contributed by atoms with Gasteiger partial charge in [-0.15, -0.1) is 0 Å². The fraction of sp³-hybridized carbons (Fsp3) is 0.500. The summed E-state index contributed by atoms with van der Waals surface area (Å²) >= 11 is 0. The summed E-state index contributed by atoms with van der Waals surface area (Å²) in [4.78, 5) is 0. The van der Waals surface area contributed by atoms with E-state index >= 15 is 0 Å². The quantitative estimate of drug-likeness (QED) is 0.797. The van der Waals surface area contributed by atoms with Crippen LogP contribution in [-0.2, 0) is 9.31 Å². The van der Waals surface area contributed by atoms with Gasteiger partial charge in [0.25, 0.3) is 0 Å². The molecule has 1 aliphatic carbocycles. The number of benzene rings is 2. The second-order valence-corrected chi connectivity index (χ2v) is 8.03. The molecular formula is C20H25BO3. The van der Waals surface area contributed by atoms with Gasteiger partial charge in [0.2, 0.25) is 0 Å². The predicted molar refractivity (Wildman–Crippen MR) is 97.9 cm³/mol. The maximum absolute atomic E-state index is 6.15. The molecule has 0 atom stereocenters. The Hall–Kier alpha value is -1.52. The standard InChI is InChI=1S/C20H25BO3/c1-19(2)20(3,4)24-21(23-19)16-10-8-15-13-18(11-9-14(15)12-16)22-17-6-5-7-17/h8-13,17H,5-7H2,1-4H3. The molecular weight excluding hydrogens is 299 g/mol. The highest BCUT2D eigenvalue weighted by Crippen LogP contribution is 2.36. The Morgan fingerprint density at radius 3 is 2.17 bits per heavy atom. The van der Waals surface area contributed by atoms with Crippen LogP contribution in [0, 0.1) is 0 Å². The third-order valence-electron chi connectivity index (χ3n) is 5.72. The molecule has 126 valence electrons. The van der Waals surface area contributed by atoms with Crippen molar-refractivity contribution in [3.63, 3.8) is 0 Å². The van der Waals surface area contributed by atoms with Gasteiger partial charge >= 0.3 is 7.12 Å². The Labute approximate surface area is 144 Å². The molecule has 2 fully saturated rings. The van der Waals surface area contributed by atoms with Gasteiger partial charge in [-0.2, -0.15) is 0 Å². The Kier molecular flexibility index (Phi) is 3.66. The summed E-state index contributed by atoms with van der Waals surface area (Å²) in [6.45, 7) is 8.33. The van der Waals surface area contributed by atoms with Gasteiger partial charge in [-0.1, -0.05) is 24.3 Å². The minimum absolute atomic E-state index is 0.312. The third kappa shape index (κ3) is 2.72. The molecule has 2 aromatic rings. The van der Waals surface area contributed by atoms with Crippen LogP contribution in [0.3, 0.4) is 0 Å². The van der Waals surface area contributed by atoms with Crippen molar-refractivity contribution < 1.29 is 14.0 Å². The molecule has 0 unspecified atom stereocenters. The maximum Gasteiger partial charge on any atom is 0.494 e. The van der Waals surface area contributed by atoms with E-state index in [0.29, 0.717) is 6.10 Å². The number of fused-ring (bicyclic) bond motifs is 1. The van der Waals surface area contributed by atoms with Crippen LogP contribution in [0.25, 0.3) is 10.8 Å². The van der Waals surface area contributed by atoms with Crippen LogP contribution in [0.2, 0.25) is 0 Å². The van der Waals surface area contributed by atoms with Crippen LogP contribution in [-0.4, -0.2) is 24.4 Å². The highest BCUT2D eigenvalue weighted by Gasteiger charge is 2.51. The molecule has 0 N–H and O–H groups in total. The number of hydrogen-bond donors (Lipinski definition) is 0. The topological polar surface area (TPSA) is 27.7 Å². The van der Waals surface area contributed by atoms with Crippen molar-refractivity contribution in [1.82, 2.24) is 0 Å². The van der Waals surface area contributed by atoms with Gasteiger partial charge < -0.3 is 14.0 Å². The summed E-state index contributed by atoms with van der Waals surface area (Å²) in [6.07, 6.45) is 4.06. The molecule has 0 aromatic heterocycles. The molecule has 1 saturated carbocycles. The second-order valence-electron chi connectivity index (χ2n) is 8.03. The molecule has 4 heteroatoms. The molecule has 1 heterocycles. The molecule has 3 nitrogen and oxygen atoms in total. The Morgan fingerprint density at radius 1 is 0.917 bits per heavy atom. The Morgan fingerprint density at radius 2 is 1.54 bits per heavy atom. The van der Waals surface area contributed by atoms with Crippen LogP contribution in [0.1, 0.15) is 47.0 Å². The average molecular weight is 324 g/mol. The first-order valence-electron chi connectivity index (χ1n) is 8.90. The molecule has 1 saturated heterocycles. The summed E-state index contributed by atoms with van der Waals surface area (Å²) in [5.41, 5.74) is 0.439. The highest BCUT2D eigenvalue weighted by molar-refractivity contribution is 6.62. The molecule has 0 radical (unpaired) electrons. The van der Waals surface area contributed by atoms with E-state index in [1.165, 1.54) is 30.0 Å². The fourth-order valence-corrected chi connectivity index (χ4v) is 3.12. The van der Waals surface area contributed by atoms with Gasteiger partial charge in [-0.25, -0.2) is 0 Å². The Bertz CT molecular complexity index is 749. The molecule has 4 rings (SSSR count). The first-order chi connectivity index (χ1) is 11.3. The van der Waals surface area contributed by atoms with Crippen molar-refractivity contribution in [3.05, 3.63) is 36.4 Å². The first-order valence-corrected chi connectivity index (χ1v) is 8.90. The molecule has 0 spiro atoms. The molecule has 2 aromatic carbocycles. The van der Waals surface area contributed by atoms with Crippen molar-refractivity contribution in [3.8, 4) is 5.75 Å². The third-order valence-corrected chi connectivity index (χ3v) is 5.72. The van der Waals surface area contributed by atoms with Crippen LogP contribution in [0.4, 0.5) is 0 Å². The van der Waals surface area contributed by atoms with E-state index in [1.54, 1.807) is 0 Å². The van der Waals surface area contributed by atoms with Crippen molar-refractivity contribution in [2.45, 2.75) is 64.3 Å². The molecule has 0 amide bonds. The average Bonchev–Trinajstić information content (AvgIpc) is 2.71. The lowest BCUT2D eigenvalue weighted by Gasteiger charge is -2.32. The van der Waals surface area contributed by atoms with Crippen LogP contribution in [0.5, 0.6) is 5.75 Å². The van der Waals surface area contributed by atoms with E-state index in [4.69, 9.17) is 14.0 Å². The maximum atomic E-state index is 6.15. The lowest BCUT2D eigenvalue weighted by molar-refractivity contribution is 0.00578. The van der Waals surface area contributed by atoms with E-state index in [0.717, 1.165) is 11.2 Å². The monoisotopic (exact) mass is 324 g/mol. The number of hydrogen-bond acceptors (Lipinski definition) is 3. The summed E-state index contributed by atoms with van der Waals surface area (Å²) < 4.78 is 18.3. The van der Waals surface area contributed by atoms with Crippen molar-refractivity contribution in [2.24, 2.45) is 0 Å². The van der Waals surface area contributed by atoms with Crippen molar-refractivity contribution in [2.75, 3.05) is 0 Å². The summed E-state index contributed by atoms with van der Waals surface area (Å²) in [5.74, 6) is 0.968. The van der Waals surface area contributed by atoms with Gasteiger partial charge in [0, 0.05) is 0 Å². The van der Waals surface area contributed by atoms with E-state index in [1.807, 2.05) is 0 Å². The summed E-state index contributed by atoms with van der Waals surface area (Å²) in [5, 5.41) is 2.37. The van der Waals surface area contributed by atoms with E-state index in [-0.39, 0.29) is 18.3 Å². The van der Waals surface area contributed by atoms with Crippen LogP contribution in [0.15, 0.2) is 36.4 Å². The van der Waals surface area contributed by atoms with E-state index in [2.05, 4.69) is 64.1 Å². The predicted octanol–water partition coefficient (Wildman–Crippen LogP) is 4.07. The zero-order chi connectivity index (χ0) is 16.9. The highest BCUT2D eigenvalue weighted by atomic mass is 16.7. The zero-order valence-electron chi connectivity index (χ0n) is 15.0. The number of rotatable bonds is 3. The fourth-order valence-electron chi connectivity index (χ4n) is 3.12. The SMILES string of the molecule is CC1(C)OB(c2ccc3cc(OC4CCC4)ccc3c2)OC1(C)C. The van der Waals surface area contributed by atoms with Crippen molar-refractivity contribution >= 4 is 23.4 Å². The van der Waals surface area contributed by atoms with E-state index < -0.39 is 0 Å². The molecule has 0 bridgehead atoms. The molecule has 2 aliphatic rings. The van der Waals surface area contributed by atoms with Gasteiger partial charge in [-0.3, -0.25) is 0 Å². The lowest BCUT2D eigenvalue weighted by atomic mass is 9.78. The van der Waals surface area contributed by atoms with Crippen LogP contribution >= 0.6 is 0 Å². The molecule has 1 aliphatic heterocycles. The smallest absolute Gasteiger partial charge is 0.490 e. The van der Waals surface area contributed by atoms with E-state index in [9.17, 15) is 0 Å². The second kappa shape index (κ2) is 5.50. The Balaban J connectivity index is 1.58. The number of ether oxygens (including phenoxy) is 1. The zero-order valence-corrected chi connectivity index (χ0v) is 15.0. The molecule has 24 heavy (non-hydrogen) atoms. The van der Waals surface area contributed by atoms with Crippen LogP contribution < -0.4 is 10.2 Å². The van der Waals surface area contributed by atoms with Crippen molar-refractivity contribution in [1.29, 1.82) is 0 Å². The first kappa shape index (κ1) is 16.0.